The monoisotopic (exact) mass is 386 g/mol. The van der Waals surface area contributed by atoms with Crippen molar-refractivity contribution in [3.63, 3.8) is 0 Å². The van der Waals surface area contributed by atoms with Gasteiger partial charge in [-0.15, -0.1) is 0 Å². The van der Waals surface area contributed by atoms with E-state index in [1.54, 1.807) is 31.3 Å². The number of nitrogens with two attached hydrogens (primary N) is 1. The first-order valence-electron chi connectivity index (χ1n) is 8.15. The number of aromatic nitrogens is 2. The molecule has 0 saturated carbocycles. The van der Waals surface area contributed by atoms with E-state index in [1.165, 1.54) is 16.9 Å². The van der Waals surface area contributed by atoms with Crippen LogP contribution in [0.4, 0.5) is 14.5 Å². The van der Waals surface area contributed by atoms with Crippen LogP contribution in [0.1, 0.15) is 26.4 Å². The molecule has 0 fully saturated rings. The molecule has 0 aliphatic rings. The highest BCUT2D eigenvalue weighted by Crippen LogP contribution is 2.21. The van der Waals surface area contributed by atoms with E-state index >= 15 is 0 Å². The van der Waals surface area contributed by atoms with Gasteiger partial charge in [0.05, 0.1) is 5.69 Å². The molecule has 0 aliphatic heterocycles. The van der Waals surface area contributed by atoms with Gasteiger partial charge >= 0.3 is 0 Å². The highest BCUT2D eigenvalue weighted by atomic mass is 19.1. The van der Waals surface area contributed by atoms with Crippen LogP contribution < -0.4 is 15.8 Å². The molecule has 7 nitrogen and oxygen atoms in total. The Kier molecular flexibility index (Phi) is 5.35. The maximum absolute atomic E-state index is 13.7. The van der Waals surface area contributed by atoms with E-state index < -0.39 is 23.4 Å². The second kappa shape index (κ2) is 7.87. The third-order valence-electron chi connectivity index (χ3n) is 3.85. The first kappa shape index (κ1) is 19.0. The van der Waals surface area contributed by atoms with Gasteiger partial charge in [-0.1, -0.05) is 18.2 Å². The Morgan fingerprint density at radius 2 is 1.96 bits per heavy atom. The highest BCUT2D eigenvalue weighted by Gasteiger charge is 2.18. The number of rotatable bonds is 6. The third kappa shape index (κ3) is 4.14. The van der Waals surface area contributed by atoms with E-state index in [4.69, 9.17) is 10.5 Å². The molecule has 0 spiro atoms. The molecule has 2 amide bonds. The minimum absolute atomic E-state index is 0.0713. The SMILES string of the molecule is Cn1cc(NC(=O)c2ccccc2COc2ccc(F)cc2F)c(C(N)=O)n1. The molecule has 3 aromatic rings. The lowest BCUT2D eigenvalue weighted by molar-refractivity contribution is 0.0995. The summed E-state index contributed by atoms with van der Waals surface area (Å²) in [6.07, 6.45) is 1.45. The van der Waals surface area contributed by atoms with Crippen LogP contribution >= 0.6 is 0 Å². The van der Waals surface area contributed by atoms with Crippen LogP contribution in [0, 0.1) is 11.6 Å². The van der Waals surface area contributed by atoms with E-state index in [2.05, 4.69) is 10.4 Å². The molecule has 0 aliphatic carbocycles. The molecular weight excluding hydrogens is 370 g/mol. The fourth-order valence-corrected chi connectivity index (χ4v) is 2.57. The molecule has 3 rings (SSSR count). The molecular formula is C19H16F2N4O3. The van der Waals surface area contributed by atoms with E-state index in [9.17, 15) is 18.4 Å². The average molecular weight is 386 g/mol. The summed E-state index contributed by atoms with van der Waals surface area (Å²) in [7, 11) is 1.58. The molecule has 1 aromatic heterocycles. The second-order valence-corrected chi connectivity index (χ2v) is 5.90. The van der Waals surface area contributed by atoms with Crippen molar-refractivity contribution >= 4 is 17.5 Å². The number of ether oxygens (including phenoxy) is 1. The standard InChI is InChI=1S/C19H16F2N4O3/c1-25-9-15(17(24-25)18(22)26)23-19(27)13-5-3-2-4-11(13)10-28-16-7-6-12(20)8-14(16)21/h2-9H,10H2,1H3,(H2,22,26)(H,23,27). The summed E-state index contributed by atoms with van der Waals surface area (Å²) >= 11 is 0. The third-order valence-corrected chi connectivity index (χ3v) is 3.85. The molecule has 28 heavy (non-hydrogen) atoms. The summed E-state index contributed by atoms with van der Waals surface area (Å²) in [5.74, 6) is -3.00. The summed E-state index contributed by atoms with van der Waals surface area (Å²) < 4.78 is 33.4. The van der Waals surface area contributed by atoms with E-state index in [-0.39, 0.29) is 29.3 Å². The molecule has 1 heterocycles. The maximum Gasteiger partial charge on any atom is 0.271 e. The van der Waals surface area contributed by atoms with Crippen LogP contribution in [0.2, 0.25) is 0 Å². The predicted octanol–water partition coefficient (Wildman–Crippen LogP) is 2.63. The Hall–Kier alpha value is -3.75. The Balaban J connectivity index is 1.80. The Labute approximate surface area is 158 Å². The molecule has 0 radical (unpaired) electrons. The summed E-state index contributed by atoms with van der Waals surface area (Å²) in [5.41, 5.74) is 6.08. The minimum atomic E-state index is -0.844. The van der Waals surface area contributed by atoms with Crippen LogP contribution in [-0.4, -0.2) is 21.6 Å². The number of anilines is 1. The number of carbonyl (C=O) groups excluding carboxylic acids is 2. The Morgan fingerprint density at radius 3 is 2.68 bits per heavy atom. The molecule has 0 saturated heterocycles. The zero-order valence-corrected chi connectivity index (χ0v) is 14.8. The van der Waals surface area contributed by atoms with E-state index in [0.29, 0.717) is 11.6 Å². The van der Waals surface area contributed by atoms with Crippen LogP contribution in [-0.2, 0) is 13.7 Å². The lowest BCUT2D eigenvalue weighted by Gasteiger charge is -2.12. The second-order valence-electron chi connectivity index (χ2n) is 5.90. The molecule has 2 aromatic carbocycles. The van der Waals surface area contributed by atoms with Crippen molar-refractivity contribution in [2.24, 2.45) is 12.8 Å². The fraction of sp³-hybridized carbons (Fsp3) is 0.105. The molecule has 3 N–H and O–H groups in total. The fourth-order valence-electron chi connectivity index (χ4n) is 2.57. The van der Waals surface area contributed by atoms with Gasteiger partial charge in [-0.25, -0.2) is 8.78 Å². The first-order valence-corrected chi connectivity index (χ1v) is 8.15. The summed E-state index contributed by atoms with van der Waals surface area (Å²) in [5, 5.41) is 6.49. The smallest absolute Gasteiger partial charge is 0.271 e. The molecule has 0 bridgehead atoms. The topological polar surface area (TPSA) is 99.2 Å². The minimum Gasteiger partial charge on any atom is -0.486 e. The van der Waals surface area contributed by atoms with Crippen molar-refractivity contribution in [3.05, 3.63) is 77.1 Å². The number of halogens is 2. The van der Waals surface area contributed by atoms with Gasteiger partial charge in [-0.05, 0) is 18.2 Å². The number of amides is 2. The van der Waals surface area contributed by atoms with Gasteiger partial charge in [0.25, 0.3) is 11.8 Å². The molecule has 0 unspecified atom stereocenters. The van der Waals surface area contributed by atoms with Crippen molar-refractivity contribution < 1.29 is 23.1 Å². The average Bonchev–Trinajstić information content (AvgIpc) is 3.01. The van der Waals surface area contributed by atoms with Crippen molar-refractivity contribution in [3.8, 4) is 5.75 Å². The summed E-state index contributed by atoms with van der Waals surface area (Å²) in [6.45, 7) is -0.123. The lowest BCUT2D eigenvalue weighted by atomic mass is 10.1. The van der Waals surface area contributed by atoms with Gasteiger partial charge in [0.1, 0.15) is 12.4 Å². The largest absolute Gasteiger partial charge is 0.486 e. The van der Waals surface area contributed by atoms with Gasteiger partial charge in [0.15, 0.2) is 17.3 Å². The van der Waals surface area contributed by atoms with Gasteiger partial charge in [0.2, 0.25) is 0 Å². The Morgan fingerprint density at radius 1 is 1.21 bits per heavy atom. The lowest BCUT2D eigenvalue weighted by Crippen LogP contribution is -2.19. The molecule has 0 atom stereocenters. The number of aryl methyl sites for hydroxylation is 1. The van der Waals surface area contributed by atoms with Crippen molar-refractivity contribution in [2.75, 3.05) is 5.32 Å². The number of nitrogens with zero attached hydrogens (tertiary/aromatic N) is 2. The Bertz CT molecular complexity index is 1050. The zero-order valence-electron chi connectivity index (χ0n) is 14.8. The predicted molar refractivity (Wildman–Crippen MR) is 96.8 cm³/mol. The van der Waals surface area contributed by atoms with Crippen LogP contribution in [0.25, 0.3) is 0 Å². The molecule has 144 valence electrons. The van der Waals surface area contributed by atoms with E-state index in [0.717, 1.165) is 6.07 Å². The number of hydrogen-bond donors (Lipinski definition) is 2. The quantitative estimate of drug-likeness (QED) is 0.680. The number of benzene rings is 2. The van der Waals surface area contributed by atoms with E-state index in [1.807, 2.05) is 0 Å². The summed E-state index contributed by atoms with van der Waals surface area (Å²) in [6, 6.07) is 9.48. The first-order chi connectivity index (χ1) is 13.3. The number of carbonyl (C=O) groups is 2. The normalized spacial score (nSPS) is 10.5. The highest BCUT2D eigenvalue weighted by molar-refractivity contribution is 6.08. The van der Waals surface area contributed by atoms with Gasteiger partial charge in [-0.2, -0.15) is 5.10 Å². The van der Waals surface area contributed by atoms with Crippen LogP contribution in [0.5, 0.6) is 5.75 Å². The number of hydrogen-bond acceptors (Lipinski definition) is 4. The van der Waals surface area contributed by atoms with Crippen LogP contribution in [0.3, 0.4) is 0 Å². The van der Waals surface area contributed by atoms with Gasteiger partial charge in [-0.3, -0.25) is 14.3 Å². The molecule has 9 heteroatoms. The number of nitrogens with one attached hydrogen (secondary N) is 1. The van der Waals surface area contributed by atoms with Crippen molar-refractivity contribution in [1.29, 1.82) is 0 Å². The summed E-state index contributed by atoms with van der Waals surface area (Å²) in [4.78, 5) is 24.1. The van der Waals surface area contributed by atoms with Crippen molar-refractivity contribution in [1.82, 2.24) is 9.78 Å². The zero-order chi connectivity index (χ0) is 20.3. The van der Waals surface area contributed by atoms with Crippen LogP contribution in [0.15, 0.2) is 48.7 Å². The van der Waals surface area contributed by atoms with Gasteiger partial charge in [0, 0.05) is 30.4 Å². The van der Waals surface area contributed by atoms with Crippen molar-refractivity contribution in [2.45, 2.75) is 6.61 Å². The maximum atomic E-state index is 13.7. The number of primary amides is 1. The van der Waals surface area contributed by atoms with Gasteiger partial charge < -0.3 is 15.8 Å².